The summed E-state index contributed by atoms with van der Waals surface area (Å²) in [4.78, 5) is 11.3. The highest BCUT2D eigenvalue weighted by Crippen LogP contribution is 2.47. The molecule has 0 unspecified atom stereocenters. The van der Waals surface area contributed by atoms with Crippen LogP contribution < -0.4 is 0 Å². The molecule has 12 heavy (non-hydrogen) atoms. The van der Waals surface area contributed by atoms with Gasteiger partial charge in [0.15, 0.2) is 0 Å². The van der Waals surface area contributed by atoms with Crippen molar-refractivity contribution in [2.24, 2.45) is 0 Å². The van der Waals surface area contributed by atoms with E-state index < -0.39 is 0 Å². The highest BCUT2D eigenvalue weighted by atomic mass is 32.2. The second kappa shape index (κ2) is 3.42. The Hall–Kier alpha value is 0.640. The average molecular weight is 252 g/mol. The third-order valence-corrected chi connectivity index (χ3v) is 7.07. The second-order valence-electron chi connectivity index (χ2n) is 2.21. The molecule has 1 aliphatic heterocycles. The number of rotatable bonds is 0. The van der Waals surface area contributed by atoms with E-state index in [1.165, 1.54) is 16.0 Å². The summed E-state index contributed by atoms with van der Waals surface area (Å²) in [6, 6.07) is 0. The van der Waals surface area contributed by atoms with Crippen LogP contribution in [0.3, 0.4) is 0 Å². The molecular weight excluding hydrogens is 248 g/mol. The summed E-state index contributed by atoms with van der Waals surface area (Å²) in [6.45, 7) is 1.94. The van der Waals surface area contributed by atoms with Crippen molar-refractivity contribution in [2.45, 2.75) is 20.6 Å². The molecule has 1 atom stereocenters. The summed E-state index contributed by atoms with van der Waals surface area (Å²) in [5.74, 6) is 0. The van der Waals surface area contributed by atoms with E-state index in [0.29, 0.717) is 0 Å². The standard InChI is InChI=1S/C6H4OS5/c1-2-3(7)10-5-4(9-2)11-6(8)12-5/h2H,1H3/t2-/m0/s1. The molecule has 2 heterocycles. The Balaban J connectivity index is 2.46. The lowest BCUT2D eigenvalue weighted by Crippen LogP contribution is -2.11. The zero-order valence-electron chi connectivity index (χ0n) is 6.03. The van der Waals surface area contributed by atoms with Gasteiger partial charge in [-0.2, -0.15) is 0 Å². The van der Waals surface area contributed by atoms with Crippen molar-refractivity contribution in [1.29, 1.82) is 0 Å². The van der Waals surface area contributed by atoms with Crippen LogP contribution in [0, 0.1) is 3.14 Å². The molecule has 0 radical (unpaired) electrons. The minimum atomic E-state index is 0.0859. The number of fused-ring (bicyclic) bond motifs is 1. The molecule has 1 aromatic rings. The van der Waals surface area contributed by atoms with Crippen LogP contribution in [-0.2, 0) is 4.79 Å². The van der Waals surface area contributed by atoms with Gasteiger partial charge in [-0.1, -0.05) is 12.2 Å². The second-order valence-corrected chi connectivity index (χ2v) is 8.32. The number of carbonyl (C=O) groups is 1. The van der Waals surface area contributed by atoms with Gasteiger partial charge in [-0.15, -0.1) is 34.4 Å². The Bertz CT molecular complexity index is 376. The van der Waals surface area contributed by atoms with Gasteiger partial charge in [-0.05, 0) is 18.7 Å². The maximum absolute atomic E-state index is 11.3. The first-order valence-corrected chi connectivity index (χ1v) is 6.93. The van der Waals surface area contributed by atoms with Gasteiger partial charge in [0.1, 0.15) is 3.14 Å². The van der Waals surface area contributed by atoms with Gasteiger partial charge in [-0.25, -0.2) is 0 Å². The molecule has 0 N–H and O–H groups in total. The van der Waals surface area contributed by atoms with Crippen LogP contribution in [0.4, 0.5) is 0 Å². The zero-order chi connectivity index (χ0) is 8.72. The number of hydrogen-bond donors (Lipinski definition) is 0. The first-order valence-electron chi connectivity index (χ1n) is 3.19. The van der Waals surface area contributed by atoms with Gasteiger partial charge in [0.2, 0.25) is 5.12 Å². The van der Waals surface area contributed by atoms with Crippen LogP contribution in [0.1, 0.15) is 6.92 Å². The minimum Gasteiger partial charge on any atom is -0.286 e. The third kappa shape index (κ3) is 1.63. The van der Waals surface area contributed by atoms with Crippen molar-refractivity contribution < 1.29 is 4.79 Å². The van der Waals surface area contributed by atoms with Gasteiger partial charge in [0, 0.05) is 0 Å². The Kier molecular flexibility index (Phi) is 2.62. The molecule has 0 saturated carbocycles. The van der Waals surface area contributed by atoms with Crippen molar-refractivity contribution in [3.05, 3.63) is 3.14 Å². The van der Waals surface area contributed by atoms with E-state index in [9.17, 15) is 4.79 Å². The Morgan fingerprint density at radius 3 is 2.75 bits per heavy atom. The van der Waals surface area contributed by atoms with Crippen LogP contribution in [0.25, 0.3) is 0 Å². The molecule has 0 aromatic carbocycles. The van der Waals surface area contributed by atoms with Gasteiger partial charge >= 0.3 is 0 Å². The molecule has 0 saturated heterocycles. The number of hydrogen-bond acceptors (Lipinski definition) is 6. The monoisotopic (exact) mass is 252 g/mol. The van der Waals surface area contributed by atoms with Crippen molar-refractivity contribution in [1.82, 2.24) is 0 Å². The van der Waals surface area contributed by atoms with E-state index in [-0.39, 0.29) is 10.4 Å². The Morgan fingerprint density at radius 2 is 2.00 bits per heavy atom. The Morgan fingerprint density at radius 1 is 1.33 bits per heavy atom. The van der Waals surface area contributed by atoms with Crippen LogP contribution in [0.5, 0.6) is 0 Å². The lowest BCUT2D eigenvalue weighted by Gasteiger charge is -2.13. The summed E-state index contributed by atoms with van der Waals surface area (Å²) < 4.78 is 3.24. The van der Waals surface area contributed by atoms with Gasteiger partial charge in [-0.3, -0.25) is 4.79 Å². The summed E-state index contributed by atoms with van der Waals surface area (Å²) in [7, 11) is 0. The topological polar surface area (TPSA) is 17.1 Å². The number of carbonyl (C=O) groups excluding carboxylic acids is 1. The average Bonchev–Trinajstić information content (AvgIpc) is 2.30. The molecule has 0 amide bonds. The highest BCUT2D eigenvalue weighted by molar-refractivity contribution is 8.19. The van der Waals surface area contributed by atoms with E-state index in [1.807, 2.05) is 6.92 Å². The van der Waals surface area contributed by atoms with Crippen LogP contribution in [0.15, 0.2) is 8.42 Å². The normalized spacial score (nSPS) is 22.4. The molecule has 64 valence electrons. The van der Waals surface area contributed by atoms with E-state index in [0.717, 1.165) is 7.35 Å². The lowest BCUT2D eigenvalue weighted by atomic mass is 10.5. The fraction of sp³-hybridized carbons (Fsp3) is 0.333. The predicted octanol–water partition coefficient (Wildman–Crippen LogP) is 3.65. The summed E-state index contributed by atoms with van der Waals surface area (Å²) in [5.41, 5.74) is 0. The summed E-state index contributed by atoms with van der Waals surface area (Å²) in [5, 5.41) is 0.333. The molecule has 6 heteroatoms. The zero-order valence-corrected chi connectivity index (χ0v) is 10.1. The SMILES string of the molecule is C[C@@H]1Sc2sc(=S)sc2SC1=O. The molecular formula is C6H4OS5. The van der Waals surface area contributed by atoms with Gasteiger partial charge in [0.25, 0.3) is 0 Å². The summed E-state index contributed by atoms with van der Waals surface area (Å²) >= 11 is 11.2. The first-order chi connectivity index (χ1) is 5.66. The largest absolute Gasteiger partial charge is 0.286 e. The van der Waals surface area contributed by atoms with Crippen molar-refractivity contribution in [3.8, 4) is 0 Å². The minimum absolute atomic E-state index is 0.0859. The fourth-order valence-corrected chi connectivity index (χ4v) is 6.85. The Labute approximate surface area is 91.6 Å². The lowest BCUT2D eigenvalue weighted by molar-refractivity contribution is -0.110. The molecule has 1 aromatic heterocycles. The van der Waals surface area contributed by atoms with Crippen molar-refractivity contribution in [3.63, 3.8) is 0 Å². The quantitative estimate of drug-likeness (QED) is 0.655. The molecule has 1 nitrogen and oxygen atoms in total. The van der Waals surface area contributed by atoms with Crippen molar-refractivity contribution in [2.75, 3.05) is 0 Å². The molecule has 0 fully saturated rings. The van der Waals surface area contributed by atoms with Crippen LogP contribution in [0.2, 0.25) is 0 Å². The van der Waals surface area contributed by atoms with E-state index >= 15 is 0 Å². The molecule has 2 rings (SSSR count). The van der Waals surface area contributed by atoms with E-state index in [4.69, 9.17) is 12.2 Å². The third-order valence-electron chi connectivity index (χ3n) is 1.33. The van der Waals surface area contributed by atoms with E-state index in [2.05, 4.69) is 0 Å². The first kappa shape index (κ1) is 9.21. The maximum atomic E-state index is 11.3. The highest BCUT2D eigenvalue weighted by Gasteiger charge is 2.26. The van der Waals surface area contributed by atoms with Gasteiger partial charge in [0.05, 0.1) is 13.7 Å². The summed E-state index contributed by atoms with van der Waals surface area (Å²) in [6.07, 6.45) is 0. The number of thioether (sulfide) groups is 2. The predicted molar refractivity (Wildman–Crippen MR) is 59.2 cm³/mol. The molecule has 0 bridgehead atoms. The maximum Gasteiger partial charge on any atom is 0.207 e. The fourth-order valence-electron chi connectivity index (χ4n) is 0.773. The van der Waals surface area contributed by atoms with Gasteiger partial charge < -0.3 is 0 Å². The molecule has 0 aliphatic carbocycles. The smallest absolute Gasteiger partial charge is 0.207 e. The van der Waals surface area contributed by atoms with Crippen molar-refractivity contribution >= 4 is 63.5 Å². The van der Waals surface area contributed by atoms with Crippen LogP contribution in [-0.4, -0.2) is 10.4 Å². The molecule has 1 aliphatic rings. The van der Waals surface area contributed by atoms with E-state index in [1.54, 1.807) is 34.4 Å². The molecule has 0 spiro atoms. The van der Waals surface area contributed by atoms with Crippen LogP contribution >= 0.6 is 58.4 Å².